The Morgan fingerprint density at radius 1 is 1.41 bits per heavy atom. The molecule has 0 spiro atoms. The SMILES string of the molecule is Cc1cc(NC(=O)c2sc3nc(N)c(C#N)c(-c4cccs4)c3c2N)no1. The molecule has 0 bridgehead atoms. The van der Waals surface area contributed by atoms with Gasteiger partial charge in [-0.25, -0.2) is 4.98 Å². The highest BCUT2D eigenvalue weighted by Crippen LogP contribution is 2.43. The zero-order valence-corrected chi connectivity index (χ0v) is 15.6. The van der Waals surface area contributed by atoms with Crippen molar-refractivity contribution in [3.8, 4) is 16.5 Å². The summed E-state index contributed by atoms with van der Waals surface area (Å²) in [6.07, 6.45) is 0. The molecule has 4 aromatic rings. The van der Waals surface area contributed by atoms with Gasteiger partial charge in [0.05, 0.1) is 5.69 Å². The van der Waals surface area contributed by atoms with Crippen LogP contribution < -0.4 is 16.8 Å². The van der Waals surface area contributed by atoms with Crippen LogP contribution in [0, 0.1) is 18.3 Å². The van der Waals surface area contributed by atoms with E-state index in [1.54, 1.807) is 13.0 Å². The molecule has 0 radical (unpaired) electrons. The minimum Gasteiger partial charge on any atom is -0.397 e. The molecule has 0 aliphatic heterocycles. The number of carbonyl (C=O) groups is 1. The van der Waals surface area contributed by atoms with Crippen LogP contribution in [0.3, 0.4) is 0 Å². The lowest BCUT2D eigenvalue weighted by molar-refractivity contribution is 0.103. The van der Waals surface area contributed by atoms with E-state index in [2.05, 4.69) is 21.5 Å². The monoisotopic (exact) mass is 396 g/mol. The standard InChI is InChI=1S/C17H12N6O2S2/c1-7-5-10(23-25-7)21-16(24)14-13(19)12-11(9-3-2-4-26-9)8(6-18)15(20)22-17(12)27-14/h2-5H,19H2,1H3,(H2,20,22)(H,21,23,24). The Hall–Kier alpha value is -3.42. The number of carbonyl (C=O) groups excluding carboxylic acids is 1. The van der Waals surface area contributed by atoms with Crippen molar-refractivity contribution in [1.29, 1.82) is 5.26 Å². The quantitative estimate of drug-likeness (QED) is 0.480. The summed E-state index contributed by atoms with van der Waals surface area (Å²) < 4.78 is 4.95. The number of anilines is 3. The second kappa shape index (κ2) is 6.39. The number of nitriles is 1. The highest BCUT2D eigenvalue weighted by molar-refractivity contribution is 7.21. The Morgan fingerprint density at radius 3 is 2.85 bits per heavy atom. The molecule has 134 valence electrons. The number of pyridine rings is 1. The number of nitrogens with zero attached hydrogens (tertiary/aromatic N) is 3. The Balaban J connectivity index is 1.90. The average Bonchev–Trinajstić information content (AvgIpc) is 3.35. The van der Waals surface area contributed by atoms with Crippen molar-refractivity contribution in [2.24, 2.45) is 0 Å². The second-order valence-electron chi connectivity index (χ2n) is 5.64. The zero-order chi connectivity index (χ0) is 19.1. The molecule has 5 N–H and O–H groups in total. The molecule has 10 heteroatoms. The summed E-state index contributed by atoms with van der Waals surface area (Å²) in [4.78, 5) is 18.5. The van der Waals surface area contributed by atoms with Crippen LogP contribution in [0.1, 0.15) is 21.0 Å². The molecule has 27 heavy (non-hydrogen) atoms. The summed E-state index contributed by atoms with van der Waals surface area (Å²) >= 11 is 2.56. The van der Waals surface area contributed by atoms with Crippen LogP contribution in [0.15, 0.2) is 28.1 Å². The molecule has 4 heterocycles. The van der Waals surface area contributed by atoms with Gasteiger partial charge in [-0.3, -0.25) is 4.79 Å². The normalized spacial score (nSPS) is 10.8. The number of rotatable bonds is 3. The first-order valence-electron chi connectivity index (χ1n) is 7.69. The van der Waals surface area contributed by atoms with Crippen LogP contribution in [0.25, 0.3) is 20.7 Å². The van der Waals surface area contributed by atoms with E-state index in [0.717, 1.165) is 16.2 Å². The number of hydrogen-bond donors (Lipinski definition) is 3. The number of fused-ring (bicyclic) bond motifs is 1. The van der Waals surface area contributed by atoms with E-state index >= 15 is 0 Å². The predicted molar refractivity (Wildman–Crippen MR) is 106 cm³/mol. The van der Waals surface area contributed by atoms with E-state index in [0.29, 0.717) is 21.5 Å². The van der Waals surface area contributed by atoms with Gasteiger partial charge in [-0.1, -0.05) is 11.2 Å². The maximum Gasteiger partial charge on any atom is 0.269 e. The molecule has 0 aliphatic rings. The molecule has 1 amide bonds. The van der Waals surface area contributed by atoms with Gasteiger partial charge in [-0.2, -0.15) is 5.26 Å². The molecule has 8 nitrogen and oxygen atoms in total. The second-order valence-corrected chi connectivity index (χ2v) is 7.58. The van der Waals surface area contributed by atoms with Crippen molar-refractivity contribution in [2.75, 3.05) is 16.8 Å². The number of thiophene rings is 2. The fraction of sp³-hybridized carbons (Fsp3) is 0.0588. The van der Waals surface area contributed by atoms with Crippen LogP contribution >= 0.6 is 22.7 Å². The third kappa shape index (κ3) is 2.79. The lowest BCUT2D eigenvalue weighted by Crippen LogP contribution is -2.12. The fourth-order valence-electron chi connectivity index (χ4n) is 2.72. The van der Waals surface area contributed by atoms with Gasteiger partial charge < -0.3 is 21.3 Å². The first kappa shape index (κ1) is 17.0. The summed E-state index contributed by atoms with van der Waals surface area (Å²) in [6, 6.07) is 7.44. The molecule has 0 saturated carbocycles. The van der Waals surface area contributed by atoms with E-state index < -0.39 is 5.91 Å². The topological polar surface area (TPSA) is 144 Å². The van der Waals surface area contributed by atoms with Gasteiger partial charge in [0.1, 0.15) is 32.9 Å². The van der Waals surface area contributed by atoms with Crippen molar-refractivity contribution in [1.82, 2.24) is 10.1 Å². The lowest BCUT2D eigenvalue weighted by Gasteiger charge is -2.07. The lowest BCUT2D eigenvalue weighted by atomic mass is 10.0. The third-order valence-electron chi connectivity index (χ3n) is 3.86. The Morgan fingerprint density at radius 2 is 2.22 bits per heavy atom. The largest absolute Gasteiger partial charge is 0.397 e. The van der Waals surface area contributed by atoms with Crippen LogP contribution in [0.5, 0.6) is 0 Å². The molecule has 0 aromatic carbocycles. The van der Waals surface area contributed by atoms with Crippen molar-refractivity contribution in [2.45, 2.75) is 6.92 Å². The third-order valence-corrected chi connectivity index (χ3v) is 5.85. The van der Waals surface area contributed by atoms with Gasteiger partial charge in [-0.15, -0.1) is 22.7 Å². The molecular formula is C17H12N6O2S2. The number of amides is 1. The number of nitrogens with two attached hydrogens (primary N) is 2. The summed E-state index contributed by atoms with van der Waals surface area (Å²) in [6.45, 7) is 1.72. The minimum absolute atomic E-state index is 0.105. The molecule has 4 rings (SSSR count). The molecule has 4 aromatic heterocycles. The summed E-state index contributed by atoms with van der Waals surface area (Å²) in [5.41, 5.74) is 13.4. The van der Waals surface area contributed by atoms with Crippen LogP contribution in [0.4, 0.5) is 17.3 Å². The molecule has 0 fully saturated rings. The van der Waals surface area contributed by atoms with Gasteiger partial charge in [0.15, 0.2) is 5.82 Å². The minimum atomic E-state index is -0.432. The summed E-state index contributed by atoms with van der Waals surface area (Å²) in [5.74, 6) is 0.535. The predicted octanol–water partition coefficient (Wildman–Crippen LogP) is 3.61. The van der Waals surface area contributed by atoms with Crippen LogP contribution in [-0.2, 0) is 0 Å². The van der Waals surface area contributed by atoms with Crippen molar-refractivity contribution in [3.05, 3.63) is 39.8 Å². The van der Waals surface area contributed by atoms with E-state index in [-0.39, 0.29) is 27.8 Å². The number of hydrogen-bond acceptors (Lipinski definition) is 9. The summed E-state index contributed by atoms with van der Waals surface area (Å²) in [5, 5.41) is 18.4. The number of nitrogens with one attached hydrogen (secondary N) is 1. The average molecular weight is 396 g/mol. The highest BCUT2D eigenvalue weighted by atomic mass is 32.1. The first-order chi connectivity index (χ1) is 13.0. The summed E-state index contributed by atoms with van der Waals surface area (Å²) in [7, 11) is 0. The number of aryl methyl sites for hydroxylation is 1. The Bertz CT molecular complexity index is 1220. The van der Waals surface area contributed by atoms with E-state index in [9.17, 15) is 10.1 Å². The van der Waals surface area contributed by atoms with Gasteiger partial charge >= 0.3 is 0 Å². The van der Waals surface area contributed by atoms with Gasteiger partial charge in [0, 0.05) is 21.9 Å². The van der Waals surface area contributed by atoms with Crippen molar-refractivity contribution in [3.63, 3.8) is 0 Å². The van der Waals surface area contributed by atoms with E-state index in [1.807, 2.05) is 17.5 Å². The molecule has 0 saturated heterocycles. The van der Waals surface area contributed by atoms with Crippen molar-refractivity contribution >= 4 is 56.1 Å². The first-order valence-corrected chi connectivity index (χ1v) is 9.39. The van der Waals surface area contributed by atoms with Crippen LogP contribution in [0.2, 0.25) is 0 Å². The molecular weight excluding hydrogens is 384 g/mol. The van der Waals surface area contributed by atoms with Crippen LogP contribution in [-0.4, -0.2) is 16.0 Å². The van der Waals surface area contributed by atoms with Gasteiger partial charge in [0.25, 0.3) is 5.91 Å². The highest BCUT2D eigenvalue weighted by Gasteiger charge is 2.25. The van der Waals surface area contributed by atoms with Crippen molar-refractivity contribution < 1.29 is 9.32 Å². The van der Waals surface area contributed by atoms with Gasteiger partial charge in [0.2, 0.25) is 0 Å². The number of aromatic nitrogens is 2. The molecule has 0 aliphatic carbocycles. The molecule has 0 unspecified atom stereocenters. The zero-order valence-electron chi connectivity index (χ0n) is 13.9. The maximum absolute atomic E-state index is 12.7. The van der Waals surface area contributed by atoms with Gasteiger partial charge in [-0.05, 0) is 18.4 Å². The maximum atomic E-state index is 12.7. The Labute approximate surface area is 161 Å². The number of nitrogen functional groups attached to an aromatic ring is 2. The van der Waals surface area contributed by atoms with E-state index in [1.165, 1.54) is 11.3 Å². The Kier molecular flexibility index (Phi) is 4.02. The van der Waals surface area contributed by atoms with E-state index in [4.69, 9.17) is 16.0 Å². The fourth-order valence-corrected chi connectivity index (χ4v) is 4.51. The molecule has 0 atom stereocenters. The smallest absolute Gasteiger partial charge is 0.269 e.